The number of hydrogen-bond donors (Lipinski definition) is 6. The van der Waals surface area contributed by atoms with Gasteiger partial charge >= 0.3 is 5.69 Å². The number of nitrogens with two attached hydrogens (primary N) is 1. The van der Waals surface area contributed by atoms with Gasteiger partial charge < -0.3 is 36.5 Å². The molecule has 1 atom stereocenters. The molecule has 2 aromatic heterocycles. The lowest BCUT2D eigenvalue weighted by molar-refractivity contribution is -0.124. The third-order valence-corrected chi connectivity index (χ3v) is 8.18. The molecule has 15 heteroatoms. The molecule has 2 aromatic carbocycles. The molecule has 0 aliphatic carbocycles. The van der Waals surface area contributed by atoms with E-state index in [4.69, 9.17) is 10.5 Å². The Morgan fingerprint density at radius 3 is 2.25 bits per heavy atom. The van der Waals surface area contributed by atoms with Crippen LogP contribution < -0.4 is 37.7 Å². The van der Waals surface area contributed by atoms with Gasteiger partial charge in [-0.05, 0) is 80.5 Å². The van der Waals surface area contributed by atoms with Crippen molar-refractivity contribution >= 4 is 28.9 Å². The van der Waals surface area contributed by atoms with E-state index in [-0.39, 0.29) is 54.4 Å². The number of aromatic amines is 1. The van der Waals surface area contributed by atoms with Crippen molar-refractivity contribution < 1.29 is 24.2 Å². The second kappa shape index (κ2) is 19.1. The summed E-state index contributed by atoms with van der Waals surface area (Å²) in [4.78, 5) is 70.2. The summed E-state index contributed by atoms with van der Waals surface area (Å²) in [6, 6.07) is 12.9. The zero-order valence-electron chi connectivity index (χ0n) is 29.2. The normalized spacial score (nSPS) is 11.7. The number of aryl methyl sites for hydroxylation is 2. The van der Waals surface area contributed by atoms with Gasteiger partial charge in [0.1, 0.15) is 22.8 Å². The van der Waals surface area contributed by atoms with E-state index in [1.165, 1.54) is 9.13 Å². The van der Waals surface area contributed by atoms with Gasteiger partial charge in [0.15, 0.2) is 12.3 Å². The average Bonchev–Trinajstić information content (AvgIpc) is 3.58. The number of ether oxygens (including phenoxy) is 1. The number of carbonyl (C=O) groups is 3. The Morgan fingerprint density at radius 2 is 1.55 bits per heavy atom. The molecule has 0 saturated carbocycles. The van der Waals surface area contributed by atoms with E-state index in [1.54, 1.807) is 48.5 Å². The lowest BCUT2D eigenvalue weighted by Crippen LogP contribution is -2.44. The number of unbranched alkanes of at least 4 members (excludes halogenated alkanes) is 1. The van der Waals surface area contributed by atoms with Crippen molar-refractivity contribution in [1.82, 2.24) is 35.1 Å². The number of phenols is 1. The van der Waals surface area contributed by atoms with Gasteiger partial charge in [0.25, 0.3) is 11.5 Å². The molecule has 0 aliphatic rings. The quantitative estimate of drug-likeness (QED) is 0.0741. The van der Waals surface area contributed by atoms with E-state index in [0.717, 1.165) is 5.56 Å². The molecule has 0 saturated heterocycles. The number of hydrogen-bond acceptors (Lipinski definition) is 9. The van der Waals surface area contributed by atoms with Gasteiger partial charge in [0, 0.05) is 44.7 Å². The summed E-state index contributed by atoms with van der Waals surface area (Å²) in [5.41, 5.74) is 7.48. The van der Waals surface area contributed by atoms with Crippen LogP contribution in [0.5, 0.6) is 11.5 Å². The smallest absolute Gasteiger partial charge is 0.332 e. The van der Waals surface area contributed by atoms with Gasteiger partial charge in [-0.1, -0.05) is 26.0 Å². The molecule has 0 bridgehead atoms. The summed E-state index contributed by atoms with van der Waals surface area (Å²) in [5.74, 6) is 0.341. The number of nitrogens with zero attached hydrogens (tertiary/aromatic N) is 3. The number of benzene rings is 2. The molecule has 4 aromatic rings. The predicted octanol–water partition coefficient (Wildman–Crippen LogP) is 1.94. The van der Waals surface area contributed by atoms with E-state index in [0.29, 0.717) is 87.4 Å². The summed E-state index contributed by atoms with van der Waals surface area (Å²) >= 11 is 0. The Kier molecular flexibility index (Phi) is 14.4. The second-order valence-electron chi connectivity index (χ2n) is 12.2. The summed E-state index contributed by atoms with van der Waals surface area (Å²) in [6.45, 7) is 5.29. The minimum absolute atomic E-state index is 0.0587. The van der Waals surface area contributed by atoms with Crippen LogP contribution in [0.15, 0.2) is 58.1 Å². The maximum Gasteiger partial charge on any atom is 0.332 e. The van der Waals surface area contributed by atoms with Crippen molar-refractivity contribution in [3.05, 3.63) is 74.9 Å². The fraction of sp³-hybridized carbons (Fsp3) is 0.444. The highest BCUT2D eigenvalue weighted by Crippen LogP contribution is 2.22. The molecule has 0 fully saturated rings. The first kappa shape index (κ1) is 38.4. The summed E-state index contributed by atoms with van der Waals surface area (Å²) in [7, 11) is 0. The van der Waals surface area contributed by atoms with Gasteiger partial charge in [-0.3, -0.25) is 28.3 Å². The van der Waals surface area contributed by atoms with Crippen molar-refractivity contribution in [2.24, 2.45) is 5.73 Å². The van der Waals surface area contributed by atoms with Crippen LogP contribution >= 0.6 is 0 Å². The lowest BCUT2D eigenvalue weighted by atomic mass is 10.1. The van der Waals surface area contributed by atoms with E-state index in [2.05, 4.69) is 25.9 Å². The van der Waals surface area contributed by atoms with Crippen LogP contribution in [0.25, 0.3) is 22.6 Å². The first-order valence-electron chi connectivity index (χ1n) is 17.4. The molecule has 0 radical (unpaired) electrons. The van der Waals surface area contributed by atoms with Crippen LogP contribution in [0.3, 0.4) is 0 Å². The maximum atomic E-state index is 13.0. The first-order chi connectivity index (χ1) is 24.6. The molecule has 0 aliphatic heterocycles. The SMILES string of the molecule is CCCn1c(=O)c2[nH]c(-c3ccc(OCC(=O)NCCNC(=O)C(N)CCCCNC(=O)CCc4ccc(O)cc4)cc3)nc2n(CCC)c1=O. The van der Waals surface area contributed by atoms with Gasteiger partial charge in [0.05, 0.1) is 6.04 Å². The molecular formula is C36H48N8O7. The van der Waals surface area contributed by atoms with E-state index < -0.39 is 11.6 Å². The van der Waals surface area contributed by atoms with Crippen LogP contribution in [0, 0.1) is 0 Å². The number of aromatic nitrogens is 4. The number of fused-ring (bicyclic) bond motifs is 1. The fourth-order valence-electron chi connectivity index (χ4n) is 5.43. The Hall–Kier alpha value is -5.44. The van der Waals surface area contributed by atoms with E-state index in [1.807, 2.05) is 13.8 Å². The van der Waals surface area contributed by atoms with Crippen molar-refractivity contribution in [2.75, 3.05) is 26.2 Å². The second-order valence-corrected chi connectivity index (χ2v) is 12.2. The molecule has 3 amide bonds. The van der Waals surface area contributed by atoms with Gasteiger partial charge in [-0.2, -0.15) is 0 Å². The van der Waals surface area contributed by atoms with Gasteiger partial charge in [0.2, 0.25) is 11.8 Å². The van der Waals surface area contributed by atoms with Crippen molar-refractivity contribution in [3.8, 4) is 22.9 Å². The summed E-state index contributed by atoms with van der Waals surface area (Å²) in [6.07, 6.45) is 4.11. The third kappa shape index (κ3) is 11.0. The van der Waals surface area contributed by atoms with Gasteiger partial charge in [-0.25, -0.2) is 9.78 Å². The zero-order valence-corrected chi connectivity index (χ0v) is 29.2. The van der Waals surface area contributed by atoms with E-state index >= 15 is 0 Å². The molecule has 1 unspecified atom stereocenters. The number of rotatable bonds is 20. The number of nitrogens with one attached hydrogen (secondary N) is 4. The molecule has 0 spiro atoms. The zero-order chi connectivity index (χ0) is 36.8. The molecular weight excluding hydrogens is 656 g/mol. The molecule has 4 rings (SSSR count). The van der Waals surface area contributed by atoms with Crippen LogP contribution in [0.4, 0.5) is 0 Å². The largest absolute Gasteiger partial charge is 0.508 e. The van der Waals surface area contributed by atoms with Gasteiger partial charge in [-0.15, -0.1) is 0 Å². The molecule has 274 valence electrons. The number of amides is 3. The minimum atomic E-state index is -0.696. The molecule has 15 nitrogen and oxygen atoms in total. The predicted molar refractivity (Wildman–Crippen MR) is 193 cm³/mol. The maximum absolute atomic E-state index is 13.0. The van der Waals surface area contributed by atoms with Crippen molar-refractivity contribution in [1.29, 1.82) is 0 Å². The third-order valence-electron chi connectivity index (χ3n) is 8.18. The standard InChI is InChI=1S/C36H48N8O7/c1-3-21-43-33-31(35(49)44(22-4-2)36(43)50)41-32(42-33)25-11-15-27(16-12-25)51-23-30(47)39-19-20-40-34(48)28(37)7-5-6-18-38-29(46)17-10-24-8-13-26(45)14-9-24/h8-9,11-16,28,45H,3-7,10,17-23,37H2,1-2H3,(H,38,46)(H,39,47)(H,40,48)(H,41,42). The number of imidazole rings is 1. The Balaban J connectivity index is 1.11. The summed E-state index contributed by atoms with van der Waals surface area (Å²) in [5, 5.41) is 17.6. The van der Waals surface area contributed by atoms with Crippen molar-refractivity contribution in [3.63, 3.8) is 0 Å². The number of phenolic OH excluding ortho intramolecular Hbond substituents is 1. The number of carbonyl (C=O) groups excluding carboxylic acids is 3. The van der Waals surface area contributed by atoms with Crippen LogP contribution in [-0.4, -0.2) is 74.2 Å². The van der Waals surface area contributed by atoms with Crippen molar-refractivity contribution in [2.45, 2.75) is 77.9 Å². The summed E-state index contributed by atoms with van der Waals surface area (Å²) < 4.78 is 8.36. The van der Waals surface area contributed by atoms with E-state index in [9.17, 15) is 29.1 Å². The molecule has 7 N–H and O–H groups in total. The average molecular weight is 705 g/mol. The topological polar surface area (TPSA) is 215 Å². The van der Waals surface area contributed by atoms with Crippen LogP contribution in [0.2, 0.25) is 0 Å². The highest BCUT2D eigenvalue weighted by Gasteiger charge is 2.18. The highest BCUT2D eigenvalue weighted by molar-refractivity contribution is 5.81. The Bertz CT molecular complexity index is 1880. The van der Waals surface area contributed by atoms with Crippen LogP contribution in [-0.2, 0) is 33.9 Å². The fourth-order valence-corrected chi connectivity index (χ4v) is 5.43. The minimum Gasteiger partial charge on any atom is -0.508 e. The van der Waals surface area contributed by atoms with Crippen LogP contribution in [0.1, 0.15) is 57.9 Å². The monoisotopic (exact) mass is 704 g/mol. The Morgan fingerprint density at radius 1 is 0.882 bits per heavy atom. The number of aromatic hydroxyl groups is 1. The number of H-pyrrole nitrogens is 1. The Labute approximate surface area is 295 Å². The molecule has 2 heterocycles. The lowest BCUT2D eigenvalue weighted by Gasteiger charge is -2.13. The first-order valence-corrected chi connectivity index (χ1v) is 17.4. The molecule has 51 heavy (non-hydrogen) atoms. The highest BCUT2D eigenvalue weighted by atomic mass is 16.5.